The minimum absolute atomic E-state index is 0.112. The Morgan fingerprint density at radius 3 is 2.76 bits per heavy atom. The molecule has 1 aromatic carbocycles. The average molecular weight is 416 g/mol. The summed E-state index contributed by atoms with van der Waals surface area (Å²) in [5.74, 6) is -0.341. The number of carbonyl (C=O) groups is 2. The fraction of sp³-hybridized carbons (Fsp3) is 0.429. The number of nitro groups is 1. The highest BCUT2D eigenvalue weighted by molar-refractivity contribution is 7.17. The molecule has 0 saturated carbocycles. The number of esters is 1. The van der Waals surface area contributed by atoms with Gasteiger partial charge in [0.1, 0.15) is 5.00 Å². The van der Waals surface area contributed by atoms with Gasteiger partial charge in [0, 0.05) is 22.1 Å². The Morgan fingerprint density at radius 2 is 2.10 bits per heavy atom. The lowest BCUT2D eigenvalue weighted by atomic mass is 9.85. The van der Waals surface area contributed by atoms with Crippen LogP contribution in [0.3, 0.4) is 0 Å². The van der Waals surface area contributed by atoms with Crippen molar-refractivity contribution in [3.05, 3.63) is 55.4 Å². The molecular formula is C21H24N2O5S. The highest BCUT2D eigenvalue weighted by Gasteiger charge is 2.30. The van der Waals surface area contributed by atoms with E-state index in [9.17, 15) is 19.7 Å². The Labute approximate surface area is 173 Å². The molecule has 1 atom stereocenters. The highest BCUT2D eigenvalue weighted by Crippen LogP contribution is 2.41. The number of rotatable bonds is 6. The van der Waals surface area contributed by atoms with Crippen LogP contribution < -0.4 is 5.32 Å². The van der Waals surface area contributed by atoms with Gasteiger partial charge in [-0.2, -0.15) is 0 Å². The SMILES string of the molecule is CCOC(=O)c1c(NC(=O)c2cccc([N+](=O)[O-])c2C)sc2c1CC[C@@H](CC)C2. The monoisotopic (exact) mass is 416 g/mol. The molecule has 7 nitrogen and oxygen atoms in total. The zero-order valence-electron chi connectivity index (χ0n) is 16.7. The van der Waals surface area contributed by atoms with E-state index in [1.165, 1.54) is 23.5 Å². The molecule has 0 radical (unpaired) electrons. The second kappa shape index (κ2) is 8.73. The quantitative estimate of drug-likeness (QED) is 0.410. The predicted octanol–water partition coefficient (Wildman–Crippen LogP) is 4.91. The van der Waals surface area contributed by atoms with E-state index in [0.29, 0.717) is 22.0 Å². The van der Waals surface area contributed by atoms with Crippen molar-refractivity contribution in [2.75, 3.05) is 11.9 Å². The van der Waals surface area contributed by atoms with Crippen LogP contribution in [0.4, 0.5) is 10.7 Å². The van der Waals surface area contributed by atoms with Crippen molar-refractivity contribution in [1.82, 2.24) is 0 Å². The van der Waals surface area contributed by atoms with Crippen molar-refractivity contribution in [2.45, 2.75) is 46.5 Å². The number of nitrogens with one attached hydrogen (secondary N) is 1. The van der Waals surface area contributed by atoms with Gasteiger partial charge in [-0.3, -0.25) is 14.9 Å². The Bertz CT molecular complexity index is 966. The normalized spacial score (nSPS) is 15.5. The smallest absolute Gasteiger partial charge is 0.341 e. The maximum absolute atomic E-state index is 12.9. The summed E-state index contributed by atoms with van der Waals surface area (Å²) in [5, 5.41) is 14.5. The van der Waals surface area contributed by atoms with Crippen LogP contribution in [0.2, 0.25) is 0 Å². The molecule has 3 rings (SSSR count). The number of carbonyl (C=O) groups excluding carboxylic acids is 2. The molecule has 1 N–H and O–H groups in total. The van der Waals surface area contributed by atoms with Crippen LogP contribution in [0.5, 0.6) is 0 Å². The summed E-state index contributed by atoms with van der Waals surface area (Å²) in [5.41, 5.74) is 1.79. The highest BCUT2D eigenvalue weighted by atomic mass is 32.1. The summed E-state index contributed by atoms with van der Waals surface area (Å²) < 4.78 is 5.23. The van der Waals surface area contributed by atoms with E-state index in [-0.39, 0.29) is 17.9 Å². The van der Waals surface area contributed by atoms with E-state index < -0.39 is 16.8 Å². The summed E-state index contributed by atoms with van der Waals surface area (Å²) >= 11 is 1.41. The zero-order chi connectivity index (χ0) is 21.1. The van der Waals surface area contributed by atoms with E-state index in [0.717, 1.165) is 36.1 Å². The number of ether oxygens (including phenoxy) is 1. The van der Waals surface area contributed by atoms with Crippen molar-refractivity contribution in [3.8, 4) is 0 Å². The minimum Gasteiger partial charge on any atom is -0.462 e. The van der Waals surface area contributed by atoms with Crippen molar-refractivity contribution < 1.29 is 19.2 Å². The molecule has 1 heterocycles. The number of thiophene rings is 1. The molecule has 154 valence electrons. The maximum atomic E-state index is 12.9. The number of amides is 1. The molecule has 0 fully saturated rings. The van der Waals surface area contributed by atoms with E-state index in [2.05, 4.69) is 12.2 Å². The first-order valence-corrected chi connectivity index (χ1v) is 10.6. The van der Waals surface area contributed by atoms with Crippen molar-refractivity contribution in [2.24, 2.45) is 5.92 Å². The van der Waals surface area contributed by atoms with Crippen molar-refractivity contribution in [3.63, 3.8) is 0 Å². The first-order chi connectivity index (χ1) is 13.9. The van der Waals surface area contributed by atoms with Gasteiger partial charge in [0.15, 0.2) is 0 Å². The average Bonchev–Trinajstić information content (AvgIpc) is 3.04. The molecule has 8 heteroatoms. The van der Waals surface area contributed by atoms with Crippen LogP contribution in [0.25, 0.3) is 0 Å². The number of hydrogen-bond donors (Lipinski definition) is 1. The van der Waals surface area contributed by atoms with Crippen LogP contribution in [0.1, 0.15) is 63.4 Å². The van der Waals surface area contributed by atoms with Gasteiger partial charge in [-0.25, -0.2) is 4.79 Å². The van der Waals surface area contributed by atoms with Crippen LogP contribution in [0.15, 0.2) is 18.2 Å². The molecule has 0 bridgehead atoms. The van der Waals surface area contributed by atoms with E-state index >= 15 is 0 Å². The molecule has 0 aliphatic heterocycles. The summed E-state index contributed by atoms with van der Waals surface area (Å²) in [6, 6.07) is 4.39. The number of fused-ring (bicyclic) bond motifs is 1. The fourth-order valence-corrected chi connectivity index (χ4v) is 5.09. The minimum atomic E-state index is -0.509. The second-order valence-corrected chi connectivity index (χ2v) is 8.21. The number of nitrogens with zero attached hydrogens (tertiary/aromatic N) is 1. The summed E-state index contributed by atoms with van der Waals surface area (Å²) in [7, 11) is 0. The van der Waals surface area contributed by atoms with Crippen LogP contribution >= 0.6 is 11.3 Å². The van der Waals surface area contributed by atoms with Gasteiger partial charge in [0.2, 0.25) is 0 Å². The Hall–Kier alpha value is -2.74. The lowest BCUT2D eigenvalue weighted by molar-refractivity contribution is -0.385. The van der Waals surface area contributed by atoms with Crippen LogP contribution in [0, 0.1) is 23.0 Å². The third kappa shape index (κ3) is 4.17. The van der Waals surface area contributed by atoms with Crippen LogP contribution in [-0.2, 0) is 17.6 Å². The molecule has 0 saturated heterocycles. The van der Waals surface area contributed by atoms with E-state index in [4.69, 9.17) is 4.74 Å². The molecule has 1 aliphatic rings. The van der Waals surface area contributed by atoms with Gasteiger partial charge in [-0.1, -0.05) is 19.4 Å². The molecule has 1 aliphatic carbocycles. The van der Waals surface area contributed by atoms with Gasteiger partial charge in [0.05, 0.1) is 17.1 Å². The predicted molar refractivity (Wildman–Crippen MR) is 112 cm³/mol. The van der Waals surface area contributed by atoms with Crippen LogP contribution in [-0.4, -0.2) is 23.4 Å². The summed E-state index contributed by atoms with van der Waals surface area (Å²) in [6.07, 6.45) is 3.74. The number of nitro benzene ring substituents is 1. The lowest BCUT2D eigenvalue weighted by Gasteiger charge is -2.20. The van der Waals surface area contributed by atoms with Gasteiger partial charge < -0.3 is 10.1 Å². The molecular weight excluding hydrogens is 392 g/mol. The topological polar surface area (TPSA) is 98.5 Å². The Balaban J connectivity index is 1.97. The summed E-state index contributed by atoms with van der Waals surface area (Å²) in [6.45, 7) is 5.70. The standard InChI is InChI=1S/C21H24N2O5S/c1-4-13-9-10-15-17(11-13)29-20(18(15)21(25)28-5-2)22-19(24)14-7-6-8-16(12(14)3)23(26)27/h6-8,13H,4-5,9-11H2,1-3H3,(H,22,24)/t13-/m1/s1. The zero-order valence-corrected chi connectivity index (χ0v) is 17.6. The largest absolute Gasteiger partial charge is 0.462 e. The summed E-state index contributed by atoms with van der Waals surface area (Å²) in [4.78, 5) is 37.3. The third-order valence-corrected chi connectivity index (χ3v) is 6.57. The molecule has 0 spiro atoms. The van der Waals surface area contributed by atoms with E-state index in [1.54, 1.807) is 19.9 Å². The van der Waals surface area contributed by atoms with Gasteiger partial charge in [-0.15, -0.1) is 11.3 Å². The maximum Gasteiger partial charge on any atom is 0.341 e. The van der Waals surface area contributed by atoms with Gasteiger partial charge in [-0.05, 0) is 50.7 Å². The Morgan fingerprint density at radius 1 is 1.34 bits per heavy atom. The second-order valence-electron chi connectivity index (χ2n) is 7.11. The lowest BCUT2D eigenvalue weighted by Crippen LogP contribution is -2.18. The fourth-order valence-electron chi connectivity index (χ4n) is 3.75. The number of hydrogen-bond acceptors (Lipinski definition) is 6. The molecule has 1 amide bonds. The van der Waals surface area contributed by atoms with Crippen molar-refractivity contribution in [1.29, 1.82) is 0 Å². The number of benzene rings is 1. The first-order valence-electron chi connectivity index (χ1n) is 9.74. The first kappa shape index (κ1) is 21.0. The van der Waals surface area contributed by atoms with Gasteiger partial charge >= 0.3 is 5.97 Å². The molecule has 29 heavy (non-hydrogen) atoms. The number of anilines is 1. The third-order valence-electron chi connectivity index (χ3n) is 5.40. The van der Waals surface area contributed by atoms with Crippen molar-refractivity contribution >= 4 is 33.9 Å². The van der Waals surface area contributed by atoms with E-state index in [1.807, 2.05) is 0 Å². The molecule has 2 aromatic rings. The molecule has 0 unspecified atom stereocenters. The van der Waals surface area contributed by atoms with Gasteiger partial charge in [0.25, 0.3) is 11.6 Å². The molecule has 1 aromatic heterocycles. The Kier molecular flexibility index (Phi) is 6.32.